The van der Waals surface area contributed by atoms with Crippen LogP contribution in [0.1, 0.15) is 18.0 Å². The van der Waals surface area contributed by atoms with Crippen molar-refractivity contribution in [2.45, 2.75) is 18.6 Å². The van der Waals surface area contributed by atoms with Gasteiger partial charge >= 0.3 is 6.18 Å². The quantitative estimate of drug-likeness (QED) is 0.772. The molecule has 2 heterocycles. The van der Waals surface area contributed by atoms with E-state index in [1.54, 1.807) is 12.1 Å². The number of aromatic nitrogens is 1. The summed E-state index contributed by atoms with van der Waals surface area (Å²) in [6.45, 7) is 2.70. The first-order chi connectivity index (χ1) is 8.96. The zero-order valence-corrected chi connectivity index (χ0v) is 14.3. The van der Waals surface area contributed by atoms with Gasteiger partial charge in [-0.25, -0.2) is 4.98 Å². The molecule has 0 radical (unpaired) electrons. The van der Waals surface area contributed by atoms with Crippen molar-refractivity contribution in [3.8, 4) is 0 Å². The monoisotopic (exact) mass is 409 g/mol. The van der Waals surface area contributed by atoms with E-state index in [4.69, 9.17) is 0 Å². The van der Waals surface area contributed by atoms with Crippen LogP contribution in [-0.4, -0.2) is 42.2 Å². The number of nitrogens with zero attached hydrogens (tertiary/aromatic N) is 2. The van der Waals surface area contributed by atoms with E-state index in [1.165, 1.54) is 6.20 Å². The molecule has 1 atom stereocenters. The Morgan fingerprint density at radius 3 is 2.43 bits per heavy atom. The van der Waals surface area contributed by atoms with E-state index < -0.39 is 18.6 Å². The first-order valence-electron chi connectivity index (χ1n) is 6.09. The summed E-state index contributed by atoms with van der Waals surface area (Å²) in [6, 6.07) is 2.68. The Labute approximate surface area is 142 Å². The Morgan fingerprint density at radius 1 is 1.29 bits per heavy atom. The minimum Gasteiger partial charge on any atom is -0.314 e. The Balaban J connectivity index is 0.00000200. The molecule has 122 valence electrons. The van der Waals surface area contributed by atoms with Crippen molar-refractivity contribution >= 4 is 40.7 Å². The molecule has 1 fully saturated rings. The highest BCUT2D eigenvalue weighted by Crippen LogP contribution is 2.34. The van der Waals surface area contributed by atoms with E-state index in [-0.39, 0.29) is 24.8 Å². The third kappa shape index (κ3) is 6.69. The zero-order chi connectivity index (χ0) is 13.9. The van der Waals surface area contributed by atoms with Gasteiger partial charge in [0.1, 0.15) is 4.60 Å². The lowest BCUT2D eigenvalue weighted by Gasteiger charge is -2.35. The van der Waals surface area contributed by atoms with E-state index in [0.29, 0.717) is 23.3 Å². The molecule has 3 nitrogen and oxygen atoms in total. The topological polar surface area (TPSA) is 28.2 Å². The highest BCUT2D eigenvalue weighted by molar-refractivity contribution is 9.10. The van der Waals surface area contributed by atoms with Crippen LogP contribution in [0.15, 0.2) is 22.9 Å². The van der Waals surface area contributed by atoms with Crippen LogP contribution in [0.3, 0.4) is 0 Å². The van der Waals surface area contributed by atoms with E-state index in [1.807, 2.05) is 4.90 Å². The molecule has 2 rings (SSSR count). The van der Waals surface area contributed by atoms with Crippen LogP contribution in [0.25, 0.3) is 0 Å². The van der Waals surface area contributed by atoms with Crippen molar-refractivity contribution in [2.75, 3.05) is 26.2 Å². The smallest absolute Gasteiger partial charge is 0.314 e. The fourth-order valence-corrected chi connectivity index (χ4v) is 2.68. The van der Waals surface area contributed by atoms with Crippen molar-refractivity contribution in [1.82, 2.24) is 15.2 Å². The largest absolute Gasteiger partial charge is 0.390 e. The summed E-state index contributed by atoms with van der Waals surface area (Å²) in [6.07, 6.45) is -3.47. The van der Waals surface area contributed by atoms with Crippen molar-refractivity contribution < 1.29 is 13.2 Å². The Kier molecular flexibility index (Phi) is 9.11. The van der Waals surface area contributed by atoms with Gasteiger partial charge in [0, 0.05) is 38.4 Å². The fourth-order valence-electron chi connectivity index (χ4n) is 2.30. The summed E-state index contributed by atoms with van der Waals surface area (Å²) in [5.41, 5.74) is 0.654. The van der Waals surface area contributed by atoms with Gasteiger partial charge in [-0.15, -0.1) is 24.8 Å². The van der Waals surface area contributed by atoms with Gasteiger partial charge in [-0.2, -0.15) is 13.2 Å². The Bertz CT molecular complexity index is 428. The van der Waals surface area contributed by atoms with Gasteiger partial charge in [0.15, 0.2) is 0 Å². The van der Waals surface area contributed by atoms with Gasteiger partial charge in [-0.05, 0) is 33.6 Å². The zero-order valence-electron chi connectivity index (χ0n) is 11.1. The molecule has 0 spiro atoms. The standard InChI is InChI=1S/C12H15BrF3N3.2ClH/c13-11-7-9(1-2-18-11)10(8-12(14,15)16)19-5-3-17-4-6-19;;/h1-2,7,10,17H,3-6,8H2;2*1H/t10-;;/m1../s1. The molecule has 1 aromatic rings. The van der Waals surface area contributed by atoms with E-state index in [9.17, 15) is 13.2 Å². The molecule has 1 aliphatic rings. The lowest BCUT2D eigenvalue weighted by molar-refractivity contribution is -0.148. The number of halogens is 6. The maximum atomic E-state index is 12.8. The molecule has 1 aliphatic heterocycles. The highest BCUT2D eigenvalue weighted by atomic mass is 79.9. The lowest BCUT2D eigenvalue weighted by Crippen LogP contribution is -2.46. The molecule has 0 aliphatic carbocycles. The summed E-state index contributed by atoms with van der Waals surface area (Å²) in [5.74, 6) is 0. The Morgan fingerprint density at radius 2 is 1.90 bits per heavy atom. The van der Waals surface area contributed by atoms with Crippen molar-refractivity contribution in [2.24, 2.45) is 0 Å². The maximum absolute atomic E-state index is 12.8. The second-order valence-electron chi connectivity index (χ2n) is 4.53. The van der Waals surface area contributed by atoms with Crippen LogP contribution in [0, 0.1) is 0 Å². The Hall–Kier alpha value is -0.0800. The van der Waals surface area contributed by atoms with Crippen LogP contribution < -0.4 is 5.32 Å². The van der Waals surface area contributed by atoms with Crippen molar-refractivity contribution in [1.29, 1.82) is 0 Å². The lowest BCUT2D eigenvalue weighted by atomic mass is 10.0. The van der Waals surface area contributed by atoms with Crippen LogP contribution in [-0.2, 0) is 0 Å². The average Bonchev–Trinajstić information content (AvgIpc) is 2.36. The molecular weight excluding hydrogens is 394 g/mol. The normalized spacial score (nSPS) is 17.5. The number of hydrogen-bond donors (Lipinski definition) is 1. The van der Waals surface area contributed by atoms with Crippen LogP contribution in [0.4, 0.5) is 13.2 Å². The maximum Gasteiger partial charge on any atom is 0.390 e. The molecule has 1 saturated heterocycles. The number of piperazine rings is 1. The third-order valence-electron chi connectivity index (χ3n) is 3.15. The van der Waals surface area contributed by atoms with E-state index in [0.717, 1.165) is 13.1 Å². The number of alkyl halides is 3. The number of rotatable bonds is 3. The van der Waals surface area contributed by atoms with Gasteiger partial charge in [0.25, 0.3) is 0 Å². The van der Waals surface area contributed by atoms with Gasteiger partial charge in [-0.3, -0.25) is 4.90 Å². The number of hydrogen-bond acceptors (Lipinski definition) is 3. The molecule has 0 bridgehead atoms. The molecule has 1 N–H and O–H groups in total. The molecule has 21 heavy (non-hydrogen) atoms. The molecule has 1 aromatic heterocycles. The van der Waals surface area contributed by atoms with Crippen LogP contribution in [0.2, 0.25) is 0 Å². The SMILES string of the molecule is Cl.Cl.FC(F)(F)C[C@H](c1ccnc(Br)c1)N1CCNCC1. The van der Waals surface area contributed by atoms with Gasteiger partial charge in [0.05, 0.1) is 6.42 Å². The average molecular weight is 411 g/mol. The van der Waals surface area contributed by atoms with Gasteiger partial charge in [0.2, 0.25) is 0 Å². The summed E-state index contributed by atoms with van der Waals surface area (Å²) in [7, 11) is 0. The summed E-state index contributed by atoms with van der Waals surface area (Å²) < 4.78 is 38.9. The van der Waals surface area contributed by atoms with Crippen LogP contribution in [0.5, 0.6) is 0 Å². The number of nitrogens with one attached hydrogen (secondary N) is 1. The summed E-state index contributed by atoms with van der Waals surface area (Å²) >= 11 is 3.21. The molecule has 0 amide bonds. The molecule has 0 aromatic carbocycles. The fraction of sp³-hybridized carbons (Fsp3) is 0.583. The second-order valence-corrected chi connectivity index (χ2v) is 5.35. The molecule has 0 unspecified atom stereocenters. The number of pyridine rings is 1. The first-order valence-corrected chi connectivity index (χ1v) is 6.88. The third-order valence-corrected chi connectivity index (χ3v) is 3.59. The first kappa shape index (κ1) is 20.9. The van der Waals surface area contributed by atoms with E-state index in [2.05, 4.69) is 26.2 Å². The molecule has 0 saturated carbocycles. The van der Waals surface area contributed by atoms with Crippen LogP contribution >= 0.6 is 40.7 Å². The molecular formula is C12H17BrCl2F3N3. The van der Waals surface area contributed by atoms with Gasteiger partial charge in [-0.1, -0.05) is 0 Å². The second kappa shape index (κ2) is 9.15. The van der Waals surface area contributed by atoms with Crippen molar-refractivity contribution in [3.63, 3.8) is 0 Å². The summed E-state index contributed by atoms with van der Waals surface area (Å²) in [4.78, 5) is 5.85. The predicted octanol–water partition coefficient (Wildman–Crippen LogP) is 3.59. The van der Waals surface area contributed by atoms with Gasteiger partial charge < -0.3 is 5.32 Å². The minimum atomic E-state index is -4.18. The summed E-state index contributed by atoms with van der Waals surface area (Å²) in [5, 5.41) is 3.15. The minimum absolute atomic E-state index is 0. The van der Waals surface area contributed by atoms with Crippen molar-refractivity contribution in [3.05, 3.63) is 28.5 Å². The molecule has 9 heteroatoms. The van der Waals surface area contributed by atoms with E-state index >= 15 is 0 Å². The predicted molar refractivity (Wildman–Crippen MR) is 84.3 cm³/mol. The highest BCUT2D eigenvalue weighted by Gasteiger charge is 2.36.